The zero-order chi connectivity index (χ0) is 34.8. The Kier molecular flexibility index (Phi) is 21.2. The number of carbonyl (C=O) groups excluding carboxylic acids is 1. The van der Waals surface area contributed by atoms with Crippen molar-refractivity contribution < 1.29 is 19.0 Å². The summed E-state index contributed by atoms with van der Waals surface area (Å²) in [5.74, 6) is 1.05. The Morgan fingerprint density at radius 3 is 1.41 bits per heavy atom. The third kappa shape index (κ3) is 17.4. The van der Waals surface area contributed by atoms with E-state index in [0.717, 1.165) is 54.9 Å². The van der Waals surface area contributed by atoms with E-state index in [2.05, 4.69) is 20.8 Å². The van der Waals surface area contributed by atoms with Gasteiger partial charge in [-0.15, -0.1) is 0 Å². The van der Waals surface area contributed by atoms with E-state index < -0.39 is 0 Å². The first-order valence-electron chi connectivity index (χ1n) is 19.9. The van der Waals surface area contributed by atoms with Gasteiger partial charge in [0.2, 0.25) is 0 Å². The first kappa shape index (κ1) is 40.3. The van der Waals surface area contributed by atoms with Gasteiger partial charge in [0.1, 0.15) is 11.5 Å². The fraction of sp³-hybridized carbons (Fsp3) is 0.578. The summed E-state index contributed by atoms with van der Waals surface area (Å²) in [5.41, 5.74) is 3.73. The van der Waals surface area contributed by atoms with Gasteiger partial charge < -0.3 is 14.2 Å². The fourth-order valence-corrected chi connectivity index (χ4v) is 6.21. The van der Waals surface area contributed by atoms with Crippen LogP contribution < -0.4 is 9.47 Å². The second-order valence-electron chi connectivity index (χ2n) is 13.8. The SMILES string of the molecule is CCCCCCCCCCCCCCCCCCCCOC(C)c1ccc(OC(=O)c2ccc(-c3ccc(OCCCC)cc3)cc2)cc1. The van der Waals surface area contributed by atoms with E-state index >= 15 is 0 Å². The van der Waals surface area contributed by atoms with Crippen molar-refractivity contribution in [3.05, 3.63) is 83.9 Å². The predicted octanol–water partition coefficient (Wildman–Crippen LogP) is 13.9. The first-order valence-corrected chi connectivity index (χ1v) is 19.9. The number of unbranched alkanes of at least 4 members (excludes halogenated alkanes) is 18. The molecule has 0 fully saturated rings. The number of rotatable bonds is 28. The van der Waals surface area contributed by atoms with Crippen molar-refractivity contribution in [3.63, 3.8) is 0 Å². The average Bonchev–Trinajstić information content (AvgIpc) is 3.13. The third-order valence-electron chi connectivity index (χ3n) is 9.50. The van der Waals surface area contributed by atoms with Crippen molar-refractivity contribution in [2.75, 3.05) is 13.2 Å². The number of ether oxygens (including phenoxy) is 3. The van der Waals surface area contributed by atoms with E-state index in [1.54, 1.807) is 0 Å². The summed E-state index contributed by atoms with van der Waals surface area (Å²) in [4.78, 5) is 12.8. The van der Waals surface area contributed by atoms with Crippen LogP contribution in [0, 0.1) is 0 Å². The van der Waals surface area contributed by atoms with E-state index in [0.29, 0.717) is 11.3 Å². The Morgan fingerprint density at radius 2 is 0.918 bits per heavy atom. The molecule has 0 heterocycles. The normalized spacial score (nSPS) is 11.8. The minimum Gasteiger partial charge on any atom is -0.494 e. The zero-order valence-corrected chi connectivity index (χ0v) is 31.2. The summed E-state index contributed by atoms with van der Waals surface area (Å²) in [6.07, 6.45) is 27.1. The topological polar surface area (TPSA) is 44.8 Å². The molecule has 0 saturated carbocycles. The molecule has 3 aromatic carbocycles. The van der Waals surface area contributed by atoms with Crippen LogP contribution in [0.15, 0.2) is 72.8 Å². The highest BCUT2D eigenvalue weighted by Gasteiger charge is 2.11. The van der Waals surface area contributed by atoms with Crippen LogP contribution in [-0.4, -0.2) is 19.2 Å². The maximum absolute atomic E-state index is 12.8. The molecule has 1 unspecified atom stereocenters. The van der Waals surface area contributed by atoms with Gasteiger partial charge in [-0.25, -0.2) is 4.79 Å². The maximum atomic E-state index is 12.8. The second kappa shape index (κ2) is 25.8. The highest BCUT2D eigenvalue weighted by Crippen LogP contribution is 2.25. The number of hydrogen-bond acceptors (Lipinski definition) is 4. The Bertz CT molecular complexity index is 1230. The lowest BCUT2D eigenvalue weighted by molar-refractivity contribution is 0.0627. The van der Waals surface area contributed by atoms with Gasteiger partial charge >= 0.3 is 5.97 Å². The first-order chi connectivity index (χ1) is 24.1. The van der Waals surface area contributed by atoms with Crippen molar-refractivity contribution in [3.8, 4) is 22.6 Å². The van der Waals surface area contributed by atoms with E-state index in [4.69, 9.17) is 14.2 Å². The van der Waals surface area contributed by atoms with Gasteiger partial charge in [0.25, 0.3) is 0 Å². The number of esters is 1. The molecule has 3 rings (SSSR count). The molecule has 0 radical (unpaired) electrons. The minimum atomic E-state index is -0.364. The molecule has 0 amide bonds. The van der Waals surface area contributed by atoms with Gasteiger partial charge in [-0.05, 0) is 72.9 Å². The maximum Gasteiger partial charge on any atom is 0.343 e. The Balaban J connectivity index is 1.20. The summed E-state index contributed by atoms with van der Waals surface area (Å²) in [6, 6.07) is 23.3. The predicted molar refractivity (Wildman–Crippen MR) is 207 cm³/mol. The van der Waals surface area contributed by atoms with Gasteiger partial charge in [-0.3, -0.25) is 0 Å². The van der Waals surface area contributed by atoms with Crippen LogP contribution in [-0.2, 0) is 4.74 Å². The molecule has 4 nitrogen and oxygen atoms in total. The summed E-state index contributed by atoms with van der Waals surface area (Å²) in [5, 5.41) is 0. The van der Waals surface area contributed by atoms with E-state index in [1.165, 1.54) is 109 Å². The van der Waals surface area contributed by atoms with E-state index in [-0.39, 0.29) is 12.1 Å². The Labute approximate surface area is 299 Å². The van der Waals surface area contributed by atoms with Crippen LogP contribution in [0.25, 0.3) is 11.1 Å². The summed E-state index contributed by atoms with van der Waals surface area (Å²) in [6.45, 7) is 8.05. The third-order valence-corrected chi connectivity index (χ3v) is 9.50. The molecule has 0 spiro atoms. The quantitative estimate of drug-likeness (QED) is 0.0438. The zero-order valence-electron chi connectivity index (χ0n) is 31.2. The average molecular weight is 671 g/mol. The largest absolute Gasteiger partial charge is 0.494 e. The highest BCUT2D eigenvalue weighted by atomic mass is 16.5. The van der Waals surface area contributed by atoms with Crippen LogP contribution in [0.3, 0.4) is 0 Å². The van der Waals surface area contributed by atoms with Crippen molar-refractivity contribution in [2.24, 2.45) is 0 Å². The summed E-state index contributed by atoms with van der Waals surface area (Å²) in [7, 11) is 0. The molecule has 0 aliphatic heterocycles. The molecule has 0 aliphatic rings. The molecule has 0 aliphatic carbocycles. The Morgan fingerprint density at radius 1 is 0.490 bits per heavy atom. The molecule has 1 atom stereocenters. The van der Waals surface area contributed by atoms with Crippen molar-refractivity contribution >= 4 is 5.97 Å². The van der Waals surface area contributed by atoms with Gasteiger partial charge in [-0.1, -0.05) is 166 Å². The molecular formula is C45H66O4. The van der Waals surface area contributed by atoms with Crippen LogP contribution in [0.2, 0.25) is 0 Å². The summed E-state index contributed by atoms with van der Waals surface area (Å²) < 4.78 is 17.5. The van der Waals surface area contributed by atoms with E-state index in [9.17, 15) is 4.79 Å². The number of hydrogen-bond donors (Lipinski definition) is 0. The standard InChI is InChI=1S/C45H66O4/c1-4-6-8-9-10-11-12-13-14-15-16-17-18-19-20-21-22-23-37-47-38(3)39-28-34-44(35-29-39)49-45(46)42-26-24-40(25-27-42)41-30-32-43(33-31-41)48-36-7-5-2/h24-35,38H,4-23,36-37H2,1-3H3. The lowest BCUT2D eigenvalue weighted by Crippen LogP contribution is -2.08. The van der Waals surface area contributed by atoms with Crippen LogP contribution in [0.4, 0.5) is 0 Å². The van der Waals surface area contributed by atoms with Crippen molar-refractivity contribution in [1.29, 1.82) is 0 Å². The molecule has 0 bridgehead atoms. The lowest BCUT2D eigenvalue weighted by Gasteiger charge is -2.14. The summed E-state index contributed by atoms with van der Waals surface area (Å²) >= 11 is 0. The van der Waals surface area contributed by atoms with Gasteiger partial charge in [-0.2, -0.15) is 0 Å². The monoisotopic (exact) mass is 670 g/mol. The molecule has 3 aromatic rings. The Hall–Kier alpha value is -3.11. The molecule has 49 heavy (non-hydrogen) atoms. The molecule has 0 N–H and O–H groups in total. The highest BCUT2D eigenvalue weighted by molar-refractivity contribution is 5.91. The number of carbonyl (C=O) groups is 1. The molecule has 0 aromatic heterocycles. The second-order valence-corrected chi connectivity index (χ2v) is 13.8. The molecule has 0 saturated heterocycles. The molecule has 270 valence electrons. The van der Waals surface area contributed by atoms with E-state index in [1.807, 2.05) is 72.8 Å². The van der Waals surface area contributed by atoms with Crippen molar-refractivity contribution in [2.45, 2.75) is 155 Å². The minimum absolute atomic E-state index is 0.0139. The van der Waals surface area contributed by atoms with Crippen LogP contribution in [0.5, 0.6) is 11.5 Å². The lowest BCUT2D eigenvalue weighted by atomic mass is 10.0. The van der Waals surface area contributed by atoms with Gasteiger partial charge in [0, 0.05) is 6.61 Å². The van der Waals surface area contributed by atoms with Crippen molar-refractivity contribution in [1.82, 2.24) is 0 Å². The smallest absolute Gasteiger partial charge is 0.343 e. The van der Waals surface area contributed by atoms with Crippen LogP contribution in [0.1, 0.15) is 171 Å². The fourth-order valence-electron chi connectivity index (χ4n) is 6.21. The van der Waals surface area contributed by atoms with Gasteiger partial charge in [0.05, 0.1) is 18.3 Å². The molecular weight excluding hydrogens is 604 g/mol. The number of benzene rings is 3. The van der Waals surface area contributed by atoms with Gasteiger partial charge in [0.15, 0.2) is 0 Å². The van der Waals surface area contributed by atoms with Crippen LogP contribution >= 0.6 is 0 Å². The molecule has 4 heteroatoms.